The van der Waals surface area contributed by atoms with Gasteiger partial charge in [-0.1, -0.05) is 6.92 Å². The Balaban J connectivity index is 2.59. The number of carbonyl (C=O) groups is 1. The largest absolute Gasteiger partial charge is 0.379 e. The van der Waals surface area contributed by atoms with Gasteiger partial charge in [0, 0.05) is 13.7 Å². The molecule has 0 aromatic heterocycles. The topological polar surface area (TPSA) is 55.6 Å². The molecule has 0 aromatic carbocycles. The maximum Gasteiger partial charge on any atom is 0.242 e. The van der Waals surface area contributed by atoms with Gasteiger partial charge < -0.3 is 15.4 Å². The normalized spacial score (nSPS) is 25.9. The molecule has 82 valence electrons. The van der Waals surface area contributed by atoms with Crippen LogP contribution in [0.1, 0.15) is 26.7 Å². The third-order valence-corrected chi connectivity index (χ3v) is 3.00. The first-order valence-electron chi connectivity index (χ1n) is 5.13. The summed E-state index contributed by atoms with van der Waals surface area (Å²) < 4.78 is 5.24. The molecular formula is C10H20N2O2. The van der Waals surface area contributed by atoms with Gasteiger partial charge in [0.25, 0.3) is 0 Å². The second-order valence-electron chi connectivity index (χ2n) is 4.20. The molecule has 0 radical (unpaired) electrons. The fourth-order valence-electron chi connectivity index (χ4n) is 1.55. The molecule has 2 N–H and O–H groups in total. The van der Waals surface area contributed by atoms with Crippen LogP contribution in [0.2, 0.25) is 0 Å². The van der Waals surface area contributed by atoms with Crippen molar-refractivity contribution in [1.29, 1.82) is 0 Å². The van der Waals surface area contributed by atoms with Crippen LogP contribution in [0.5, 0.6) is 0 Å². The van der Waals surface area contributed by atoms with Gasteiger partial charge in [0.05, 0.1) is 18.2 Å². The summed E-state index contributed by atoms with van der Waals surface area (Å²) in [5, 5.41) is 0. The van der Waals surface area contributed by atoms with Crippen LogP contribution in [0.15, 0.2) is 0 Å². The fourth-order valence-corrected chi connectivity index (χ4v) is 1.55. The Morgan fingerprint density at radius 2 is 2.36 bits per heavy atom. The van der Waals surface area contributed by atoms with Crippen molar-refractivity contribution >= 4 is 5.91 Å². The number of amides is 1. The summed E-state index contributed by atoms with van der Waals surface area (Å²) >= 11 is 0. The summed E-state index contributed by atoms with van der Waals surface area (Å²) in [6.45, 7) is 5.09. The first kappa shape index (κ1) is 11.5. The summed E-state index contributed by atoms with van der Waals surface area (Å²) in [6.07, 6.45) is 1.58. The maximum absolute atomic E-state index is 11.9. The predicted octanol–water partition coefficient (Wildman–Crippen LogP) is 0.361. The minimum atomic E-state index is -0.739. The van der Waals surface area contributed by atoms with Gasteiger partial charge in [0.2, 0.25) is 5.91 Å². The van der Waals surface area contributed by atoms with Crippen LogP contribution < -0.4 is 5.73 Å². The molecule has 14 heavy (non-hydrogen) atoms. The van der Waals surface area contributed by atoms with Crippen LogP contribution in [-0.4, -0.2) is 42.6 Å². The smallest absolute Gasteiger partial charge is 0.242 e. The van der Waals surface area contributed by atoms with E-state index in [4.69, 9.17) is 10.5 Å². The molecule has 1 fully saturated rings. The molecule has 4 nitrogen and oxygen atoms in total. The third kappa shape index (κ3) is 2.25. The monoisotopic (exact) mass is 200 g/mol. The second kappa shape index (κ2) is 4.28. The highest BCUT2D eigenvalue weighted by atomic mass is 16.5. The Hall–Kier alpha value is -0.610. The average Bonchev–Trinajstić information content (AvgIpc) is 2.68. The van der Waals surface area contributed by atoms with Crippen molar-refractivity contribution in [3.05, 3.63) is 0 Å². The highest BCUT2D eigenvalue weighted by Crippen LogP contribution is 2.16. The predicted molar refractivity (Wildman–Crippen MR) is 54.9 cm³/mol. The van der Waals surface area contributed by atoms with Gasteiger partial charge in [-0.3, -0.25) is 4.79 Å². The molecule has 1 amide bonds. The van der Waals surface area contributed by atoms with E-state index in [0.29, 0.717) is 13.0 Å². The number of rotatable bonds is 3. The molecule has 0 spiro atoms. The zero-order chi connectivity index (χ0) is 10.8. The summed E-state index contributed by atoms with van der Waals surface area (Å²) in [4.78, 5) is 13.7. The summed E-state index contributed by atoms with van der Waals surface area (Å²) in [5.41, 5.74) is 5.16. The lowest BCUT2D eigenvalue weighted by Crippen LogP contribution is -2.54. The van der Waals surface area contributed by atoms with Gasteiger partial charge in [-0.2, -0.15) is 0 Å². The van der Waals surface area contributed by atoms with Crippen LogP contribution >= 0.6 is 0 Å². The van der Waals surface area contributed by atoms with Crippen LogP contribution in [0.25, 0.3) is 0 Å². The Morgan fingerprint density at radius 3 is 2.79 bits per heavy atom. The van der Waals surface area contributed by atoms with Crippen LogP contribution in [-0.2, 0) is 9.53 Å². The molecule has 2 atom stereocenters. The zero-order valence-corrected chi connectivity index (χ0v) is 9.25. The maximum atomic E-state index is 11.9. The number of carbonyl (C=O) groups excluding carboxylic acids is 1. The van der Waals surface area contributed by atoms with E-state index in [1.165, 1.54) is 0 Å². The molecule has 1 heterocycles. The third-order valence-electron chi connectivity index (χ3n) is 3.00. The van der Waals surface area contributed by atoms with E-state index in [-0.39, 0.29) is 11.9 Å². The SMILES string of the molecule is CCC(C)(N)C(=O)N(C)C1CCOC1. The van der Waals surface area contributed by atoms with Crippen molar-refractivity contribution in [2.24, 2.45) is 5.73 Å². The van der Waals surface area contributed by atoms with E-state index in [0.717, 1.165) is 13.0 Å². The Labute approximate surface area is 85.4 Å². The van der Waals surface area contributed by atoms with E-state index in [2.05, 4.69) is 0 Å². The van der Waals surface area contributed by atoms with Crippen LogP contribution in [0, 0.1) is 0 Å². The lowest BCUT2D eigenvalue weighted by molar-refractivity contribution is -0.137. The number of likely N-dealkylation sites (N-methyl/N-ethyl adjacent to an activating group) is 1. The van der Waals surface area contributed by atoms with Gasteiger partial charge in [0.15, 0.2) is 0 Å². The molecular weight excluding hydrogens is 180 g/mol. The fraction of sp³-hybridized carbons (Fsp3) is 0.900. The quantitative estimate of drug-likeness (QED) is 0.715. The summed E-state index contributed by atoms with van der Waals surface area (Å²) in [5.74, 6) is 0.00972. The van der Waals surface area contributed by atoms with E-state index in [1.807, 2.05) is 14.0 Å². The summed E-state index contributed by atoms with van der Waals surface area (Å²) in [6, 6.07) is 0.205. The average molecular weight is 200 g/mol. The van der Waals surface area contributed by atoms with E-state index in [1.54, 1.807) is 11.8 Å². The molecule has 1 rings (SSSR count). The number of nitrogens with zero attached hydrogens (tertiary/aromatic N) is 1. The number of hydrogen-bond acceptors (Lipinski definition) is 3. The van der Waals surface area contributed by atoms with E-state index < -0.39 is 5.54 Å². The van der Waals surface area contributed by atoms with Gasteiger partial charge in [-0.05, 0) is 19.8 Å². The molecule has 4 heteroatoms. The van der Waals surface area contributed by atoms with E-state index in [9.17, 15) is 4.79 Å². The van der Waals surface area contributed by atoms with Crippen molar-refractivity contribution in [1.82, 2.24) is 4.90 Å². The molecule has 1 aliphatic heterocycles. The van der Waals surface area contributed by atoms with E-state index >= 15 is 0 Å². The van der Waals surface area contributed by atoms with Gasteiger partial charge in [-0.15, -0.1) is 0 Å². The lowest BCUT2D eigenvalue weighted by atomic mass is 9.98. The molecule has 0 bridgehead atoms. The minimum absolute atomic E-state index is 0.00972. The number of nitrogens with two attached hydrogens (primary N) is 1. The number of hydrogen-bond donors (Lipinski definition) is 1. The van der Waals surface area contributed by atoms with Crippen molar-refractivity contribution in [3.8, 4) is 0 Å². The Morgan fingerprint density at radius 1 is 1.71 bits per heavy atom. The number of ether oxygens (including phenoxy) is 1. The summed E-state index contributed by atoms with van der Waals surface area (Å²) in [7, 11) is 1.81. The lowest BCUT2D eigenvalue weighted by Gasteiger charge is -2.31. The van der Waals surface area contributed by atoms with Crippen molar-refractivity contribution in [3.63, 3.8) is 0 Å². The molecule has 0 aliphatic carbocycles. The van der Waals surface area contributed by atoms with Gasteiger partial charge in [0.1, 0.15) is 0 Å². The van der Waals surface area contributed by atoms with Gasteiger partial charge >= 0.3 is 0 Å². The highest BCUT2D eigenvalue weighted by Gasteiger charge is 2.33. The first-order valence-corrected chi connectivity index (χ1v) is 5.13. The van der Waals surface area contributed by atoms with Crippen molar-refractivity contribution < 1.29 is 9.53 Å². The van der Waals surface area contributed by atoms with Gasteiger partial charge in [-0.25, -0.2) is 0 Å². The standard InChI is InChI=1S/C10H20N2O2/c1-4-10(2,11)9(13)12(3)8-5-6-14-7-8/h8H,4-7,11H2,1-3H3. The molecule has 0 aromatic rings. The Kier molecular flexibility index (Phi) is 3.50. The molecule has 2 unspecified atom stereocenters. The minimum Gasteiger partial charge on any atom is -0.379 e. The first-order chi connectivity index (χ1) is 6.49. The molecule has 0 saturated carbocycles. The van der Waals surface area contributed by atoms with Crippen molar-refractivity contribution in [2.75, 3.05) is 20.3 Å². The van der Waals surface area contributed by atoms with Crippen molar-refractivity contribution in [2.45, 2.75) is 38.3 Å². The Bertz CT molecular complexity index is 210. The molecule has 1 saturated heterocycles. The van der Waals surface area contributed by atoms with Crippen LogP contribution in [0.3, 0.4) is 0 Å². The second-order valence-corrected chi connectivity index (χ2v) is 4.20. The van der Waals surface area contributed by atoms with Crippen LogP contribution in [0.4, 0.5) is 0 Å². The highest BCUT2D eigenvalue weighted by molar-refractivity contribution is 5.85. The molecule has 1 aliphatic rings. The zero-order valence-electron chi connectivity index (χ0n) is 9.25.